The number of amides is 1. The Kier molecular flexibility index (Phi) is 5.87. The molecule has 0 radical (unpaired) electrons. The summed E-state index contributed by atoms with van der Waals surface area (Å²) in [6, 6.07) is 4.44. The van der Waals surface area contributed by atoms with E-state index >= 15 is 0 Å². The summed E-state index contributed by atoms with van der Waals surface area (Å²) in [4.78, 5) is 18.8. The van der Waals surface area contributed by atoms with Gasteiger partial charge in [-0.3, -0.25) is 4.79 Å². The average Bonchev–Trinajstić information content (AvgIpc) is 3.14. The van der Waals surface area contributed by atoms with Gasteiger partial charge in [-0.1, -0.05) is 13.3 Å². The van der Waals surface area contributed by atoms with E-state index in [0.29, 0.717) is 24.6 Å². The fraction of sp³-hybridized carbons (Fsp3) is 0.500. The first-order valence-electron chi connectivity index (χ1n) is 9.37. The van der Waals surface area contributed by atoms with Crippen molar-refractivity contribution in [2.45, 2.75) is 51.2 Å². The number of hydrogen-bond donors (Lipinski definition) is 0. The first kappa shape index (κ1) is 19.5. The molecule has 0 aliphatic carbocycles. The number of benzene rings is 1. The van der Waals surface area contributed by atoms with Crippen LogP contribution < -0.4 is 0 Å². The van der Waals surface area contributed by atoms with Crippen molar-refractivity contribution in [3.8, 4) is 0 Å². The first-order chi connectivity index (χ1) is 12.9. The standard InChI is InChI=1S/C20H24F3N3O/c1-2-3-11-25-14-10-24-18(25)15-8-12-26(13-9-15)19(27)16-4-6-17(7-5-16)20(21,22)23/h4-7,10,14-15H,2-3,8-9,11-13H2,1H3. The molecule has 1 aromatic carbocycles. The molecule has 3 rings (SSSR count). The molecular weight excluding hydrogens is 355 g/mol. The lowest BCUT2D eigenvalue weighted by molar-refractivity contribution is -0.137. The van der Waals surface area contributed by atoms with E-state index in [9.17, 15) is 18.0 Å². The van der Waals surface area contributed by atoms with E-state index < -0.39 is 11.7 Å². The first-order valence-corrected chi connectivity index (χ1v) is 9.37. The zero-order valence-corrected chi connectivity index (χ0v) is 15.4. The van der Waals surface area contributed by atoms with Gasteiger partial charge in [0.15, 0.2) is 0 Å². The van der Waals surface area contributed by atoms with E-state index in [0.717, 1.165) is 50.2 Å². The molecular formula is C20H24F3N3O. The van der Waals surface area contributed by atoms with Crippen LogP contribution in [0.2, 0.25) is 0 Å². The molecule has 0 atom stereocenters. The molecule has 7 heteroatoms. The minimum absolute atomic E-state index is 0.212. The molecule has 1 aliphatic heterocycles. The van der Waals surface area contributed by atoms with Gasteiger partial charge in [0, 0.05) is 43.5 Å². The maximum Gasteiger partial charge on any atom is 0.416 e. The van der Waals surface area contributed by atoms with Crippen LogP contribution in [0.4, 0.5) is 13.2 Å². The highest BCUT2D eigenvalue weighted by atomic mass is 19.4. The molecule has 0 bridgehead atoms. The molecule has 0 spiro atoms. The molecule has 1 aliphatic rings. The van der Waals surface area contributed by atoms with Crippen molar-refractivity contribution < 1.29 is 18.0 Å². The summed E-state index contributed by atoms with van der Waals surface area (Å²) >= 11 is 0. The van der Waals surface area contributed by atoms with E-state index in [1.807, 2.05) is 12.4 Å². The van der Waals surface area contributed by atoms with Gasteiger partial charge in [0.25, 0.3) is 5.91 Å². The van der Waals surface area contributed by atoms with E-state index in [1.54, 1.807) is 4.90 Å². The monoisotopic (exact) mass is 379 g/mol. The van der Waals surface area contributed by atoms with Crippen LogP contribution in [0.15, 0.2) is 36.7 Å². The number of nitrogens with zero attached hydrogens (tertiary/aromatic N) is 3. The van der Waals surface area contributed by atoms with Crippen LogP contribution in [-0.4, -0.2) is 33.4 Å². The van der Waals surface area contributed by atoms with Crippen molar-refractivity contribution in [3.63, 3.8) is 0 Å². The van der Waals surface area contributed by atoms with Gasteiger partial charge < -0.3 is 9.47 Å². The Morgan fingerprint density at radius 2 is 1.85 bits per heavy atom. The quantitative estimate of drug-likeness (QED) is 0.754. The van der Waals surface area contributed by atoms with Crippen LogP contribution in [0.25, 0.3) is 0 Å². The largest absolute Gasteiger partial charge is 0.416 e. The summed E-state index contributed by atoms with van der Waals surface area (Å²) in [5.74, 6) is 1.18. The van der Waals surface area contributed by atoms with E-state index in [1.165, 1.54) is 12.1 Å². The van der Waals surface area contributed by atoms with Crippen molar-refractivity contribution in [1.29, 1.82) is 0 Å². The number of alkyl halides is 3. The number of piperidine rings is 1. The van der Waals surface area contributed by atoms with Gasteiger partial charge in [0.05, 0.1) is 5.56 Å². The summed E-state index contributed by atoms with van der Waals surface area (Å²) in [6.45, 7) is 4.29. The molecule has 1 saturated heterocycles. The number of aromatic nitrogens is 2. The SMILES string of the molecule is CCCCn1ccnc1C1CCN(C(=O)c2ccc(C(F)(F)F)cc2)CC1. The highest BCUT2D eigenvalue weighted by Gasteiger charge is 2.31. The van der Waals surface area contributed by atoms with E-state index in [2.05, 4.69) is 16.5 Å². The number of likely N-dealkylation sites (tertiary alicyclic amines) is 1. The second kappa shape index (κ2) is 8.15. The zero-order chi connectivity index (χ0) is 19.4. The van der Waals surface area contributed by atoms with Gasteiger partial charge in [-0.25, -0.2) is 4.98 Å². The van der Waals surface area contributed by atoms with Crippen LogP contribution in [0.1, 0.15) is 60.3 Å². The lowest BCUT2D eigenvalue weighted by Crippen LogP contribution is -2.38. The Morgan fingerprint density at radius 3 is 2.44 bits per heavy atom. The zero-order valence-electron chi connectivity index (χ0n) is 15.4. The van der Waals surface area contributed by atoms with Crippen LogP contribution in [0, 0.1) is 0 Å². The molecule has 2 heterocycles. The molecule has 0 saturated carbocycles. The third-order valence-electron chi connectivity index (χ3n) is 5.11. The van der Waals surface area contributed by atoms with Gasteiger partial charge in [-0.2, -0.15) is 13.2 Å². The maximum absolute atomic E-state index is 12.7. The molecule has 1 amide bonds. The Labute approximate surface area is 157 Å². The number of halogens is 3. The predicted molar refractivity (Wildman–Crippen MR) is 96.5 cm³/mol. The minimum Gasteiger partial charge on any atom is -0.339 e. The minimum atomic E-state index is -4.39. The second-order valence-corrected chi connectivity index (χ2v) is 6.97. The topological polar surface area (TPSA) is 38.1 Å². The molecule has 0 N–H and O–H groups in total. The summed E-state index contributed by atoms with van der Waals surface area (Å²) in [6.07, 6.45) is 3.30. The lowest BCUT2D eigenvalue weighted by Gasteiger charge is -2.32. The van der Waals surface area contributed by atoms with Gasteiger partial charge >= 0.3 is 6.18 Å². The number of carbonyl (C=O) groups excluding carboxylic acids is 1. The van der Waals surface area contributed by atoms with E-state index in [4.69, 9.17) is 0 Å². The molecule has 1 fully saturated rings. The van der Waals surface area contributed by atoms with Crippen LogP contribution in [0.5, 0.6) is 0 Å². The number of aryl methyl sites for hydroxylation is 1. The van der Waals surface area contributed by atoms with Crippen molar-refractivity contribution >= 4 is 5.91 Å². The fourth-order valence-electron chi connectivity index (χ4n) is 3.52. The number of carbonyl (C=O) groups is 1. The van der Waals surface area contributed by atoms with Gasteiger partial charge in [0.2, 0.25) is 0 Å². The van der Waals surface area contributed by atoms with Gasteiger partial charge in [-0.05, 0) is 43.5 Å². The molecule has 27 heavy (non-hydrogen) atoms. The molecule has 146 valence electrons. The van der Waals surface area contributed by atoms with Crippen molar-refractivity contribution in [2.75, 3.05) is 13.1 Å². The van der Waals surface area contributed by atoms with Crippen molar-refractivity contribution in [3.05, 3.63) is 53.6 Å². The Hall–Kier alpha value is -2.31. The predicted octanol–water partition coefficient (Wildman–Crippen LogP) is 4.72. The number of imidazole rings is 1. The third-order valence-corrected chi connectivity index (χ3v) is 5.11. The summed E-state index contributed by atoms with van der Waals surface area (Å²) in [5.41, 5.74) is -0.442. The van der Waals surface area contributed by atoms with Gasteiger partial charge in [0.1, 0.15) is 5.82 Å². The van der Waals surface area contributed by atoms with Crippen LogP contribution in [-0.2, 0) is 12.7 Å². The number of hydrogen-bond acceptors (Lipinski definition) is 2. The third kappa shape index (κ3) is 4.51. The van der Waals surface area contributed by atoms with Crippen molar-refractivity contribution in [1.82, 2.24) is 14.5 Å². The fourth-order valence-corrected chi connectivity index (χ4v) is 3.52. The Balaban J connectivity index is 1.60. The Bertz CT molecular complexity index is 760. The average molecular weight is 379 g/mol. The van der Waals surface area contributed by atoms with Crippen LogP contribution in [0.3, 0.4) is 0 Å². The maximum atomic E-state index is 12.7. The lowest BCUT2D eigenvalue weighted by atomic mass is 9.95. The number of unbranched alkanes of at least 4 members (excludes halogenated alkanes) is 1. The molecule has 0 unspecified atom stereocenters. The highest BCUT2D eigenvalue weighted by Crippen LogP contribution is 2.30. The van der Waals surface area contributed by atoms with Crippen LogP contribution >= 0.6 is 0 Å². The molecule has 4 nitrogen and oxygen atoms in total. The summed E-state index contributed by atoms with van der Waals surface area (Å²) in [5, 5.41) is 0. The summed E-state index contributed by atoms with van der Waals surface area (Å²) in [7, 11) is 0. The molecule has 2 aromatic rings. The Morgan fingerprint density at radius 1 is 1.19 bits per heavy atom. The number of rotatable bonds is 5. The highest BCUT2D eigenvalue weighted by molar-refractivity contribution is 5.94. The van der Waals surface area contributed by atoms with E-state index in [-0.39, 0.29) is 5.91 Å². The van der Waals surface area contributed by atoms with Gasteiger partial charge in [-0.15, -0.1) is 0 Å². The molecule has 1 aromatic heterocycles. The second-order valence-electron chi connectivity index (χ2n) is 6.97. The van der Waals surface area contributed by atoms with Crippen molar-refractivity contribution in [2.24, 2.45) is 0 Å². The normalized spacial score (nSPS) is 15.9. The smallest absolute Gasteiger partial charge is 0.339 e. The summed E-state index contributed by atoms with van der Waals surface area (Å²) < 4.78 is 40.2.